The van der Waals surface area contributed by atoms with E-state index < -0.39 is 6.10 Å². The first kappa shape index (κ1) is 26.2. The minimum absolute atomic E-state index is 0.103. The number of ketones is 1. The lowest BCUT2D eigenvalue weighted by Crippen LogP contribution is -2.39. The van der Waals surface area contributed by atoms with Crippen LogP contribution in [0.25, 0.3) is 10.9 Å². The van der Waals surface area contributed by atoms with E-state index in [1.165, 1.54) is 0 Å². The molecular formula is C29H36N2O5. The summed E-state index contributed by atoms with van der Waals surface area (Å²) in [5.41, 5.74) is 5.11. The van der Waals surface area contributed by atoms with Gasteiger partial charge < -0.3 is 14.6 Å². The van der Waals surface area contributed by atoms with E-state index in [9.17, 15) is 14.7 Å². The van der Waals surface area contributed by atoms with Gasteiger partial charge in [0.15, 0.2) is 5.78 Å². The average Bonchev–Trinajstić information content (AvgIpc) is 2.87. The SMILES string of the molecule is COC(C)(C)CCC(=O)c1ccc(Cc2cc3c(=O)n([C@H]4CCOC[C@@H]4O)cnc3c(C)c2C)cc1. The molecule has 1 aliphatic rings. The van der Waals surface area contributed by atoms with Gasteiger partial charge in [-0.1, -0.05) is 24.3 Å². The Morgan fingerprint density at radius 3 is 2.61 bits per heavy atom. The Morgan fingerprint density at radius 2 is 1.94 bits per heavy atom. The molecular weight excluding hydrogens is 456 g/mol. The van der Waals surface area contributed by atoms with E-state index in [0.29, 0.717) is 48.8 Å². The van der Waals surface area contributed by atoms with Gasteiger partial charge in [0.2, 0.25) is 0 Å². The summed E-state index contributed by atoms with van der Waals surface area (Å²) in [6.07, 6.45) is 3.13. The topological polar surface area (TPSA) is 90.7 Å². The summed E-state index contributed by atoms with van der Waals surface area (Å²) in [5.74, 6) is 0.103. The van der Waals surface area contributed by atoms with Gasteiger partial charge in [-0.25, -0.2) is 4.98 Å². The van der Waals surface area contributed by atoms with E-state index in [1.807, 2.05) is 51.1 Å². The van der Waals surface area contributed by atoms with Crippen LogP contribution in [0.5, 0.6) is 0 Å². The highest BCUT2D eigenvalue weighted by molar-refractivity contribution is 5.96. The molecule has 0 spiro atoms. The minimum Gasteiger partial charge on any atom is -0.389 e. The third-order valence-corrected chi connectivity index (χ3v) is 7.57. The van der Waals surface area contributed by atoms with Crippen molar-refractivity contribution < 1.29 is 19.4 Å². The molecule has 1 saturated heterocycles. The van der Waals surface area contributed by atoms with Crippen LogP contribution < -0.4 is 5.56 Å². The Hall–Kier alpha value is -2.87. The van der Waals surface area contributed by atoms with E-state index >= 15 is 0 Å². The molecule has 2 atom stereocenters. The fourth-order valence-electron chi connectivity index (χ4n) is 4.76. The van der Waals surface area contributed by atoms with Gasteiger partial charge in [-0.2, -0.15) is 0 Å². The van der Waals surface area contributed by atoms with Gasteiger partial charge in [0.25, 0.3) is 5.56 Å². The van der Waals surface area contributed by atoms with Crippen molar-refractivity contribution in [1.82, 2.24) is 9.55 Å². The van der Waals surface area contributed by atoms with Crippen LogP contribution in [0.4, 0.5) is 0 Å². The molecule has 0 saturated carbocycles. The van der Waals surface area contributed by atoms with Crippen LogP contribution in [0, 0.1) is 13.8 Å². The number of ether oxygens (including phenoxy) is 2. The third kappa shape index (κ3) is 5.43. The van der Waals surface area contributed by atoms with Crippen molar-refractivity contribution in [1.29, 1.82) is 0 Å². The highest BCUT2D eigenvalue weighted by Gasteiger charge is 2.27. The van der Waals surface area contributed by atoms with Crippen LogP contribution in [-0.2, 0) is 15.9 Å². The number of hydrogen-bond donors (Lipinski definition) is 1. The largest absolute Gasteiger partial charge is 0.389 e. The number of fused-ring (bicyclic) bond motifs is 1. The highest BCUT2D eigenvalue weighted by Crippen LogP contribution is 2.26. The molecule has 3 aromatic rings. The second kappa shape index (κ2) is 10.6. The van der Waals surface area contributed by atoms with E-state index in [1.54, 1.807) is 18.0 Å². The lowest BCUT2D eigenvalue weighted by molar-refractivity contribution is -0.0395. The molecule has 192 valence electrons. The van der Waals surface area contributed by atoms with Gasteiger partial charge in [0.05, 0.1) is 41.6 Å². The number of aromatic nitrogens is 2. The molecule has 0 amide bonds. The minimum atomic E-state index is -0.733. The molecule has 0 radical (unpaired) electrons. The van der Waals surface area contributed by atoms with E-state index in [2.05, 4.69) is 11.9 Å². The second-order valence-electron chi connectivity index (χ2n) is 10.4. The van der Waals surface area contributed by atoms with Crippen LogP contribution in [0.15, 0.2) is 41.5 Å². The first-order valence-corrected chi connectivity index (χ1v) is 12.5. The van der Waals surface area contributed by atoms with Gasteiger partial charge in [-0.15, -0.1) is 0 Å². The van der Waals surface area contributed by atoms with Crippen LogP contribution in [0.1, 0.15) is 71.8 Å². The van der Waals surface area contributed by atoms with Gasteiger partial charge >= 0.3 is 0 Å². The molecule has 4 rings (SSSR count). The summed E-state index contributed by atoms with van der Waals surface area (Å²) in [6.45, 7) is 8.73. The van der Waals surface area contributed by atoms with Crippen LogP contribution >= 0.6 is 0 Å². The van der Waals surface area contributed by atoms with Gasteiger partial charge in [0.1, 0.15) is 0 Å². The Labute approximate surface area is 212 Å². The first-order valence-electron chi connectivity index (χ1n) is 12.5. The van der Waals surface area contributed by atoms with Crippen LogP contribution in [0.2, 0.25) is 0 Å². The molecule has 7 heteroatoms. The predicted molar refractivity (Wildman–Crippen MR) is 140 cm³/mol. The van der Waals surface area contributed by atoms with Crippen molar-refractivity contribution in [2.75, 3.05) is 20.3 Å². The molecule has 2 heterocycles. The number of aryl methyl sites for hydroxylation is 1. The Morgan fingerprint density at radius 1 is 1.22 bits per heavy atom. The average molecular weight is 493 g/mol. The quantitative estimate of drug-likeness (QED) is 0.471. The first-order chi connectivity index (χ1) is 17.1. The third-order valence-electron chi connectivity index (χ3n) is 7.57. The van der Waals surface area contributed by atoms with Crippen molar-refractivity contribution in [2.24, 2.45) is 0 Å². The number of rotatable bonds is 8. The Kier molecular flexibility index (Phi) is 7.73. The molecule has 1 fully saturated rings. The predicted octanol–water partition coefficient (Wildman–Crippen LogP) is 4.31. The van der Waals surface area contributed by atoms with Crippen molar-refractivity contribution in [3.63, 3.8) is 0 Å². The zero-order valence-corrected chi connectivity index (χ0v) is 21.8. The molecule has 7 nitrogen and oxygen atoms in total. The monoisotopic (exact) mass is 492 g/mol. The fourth-order valence-corrected chi connectivity index (χ4v) is 4.76. The van der Waals surface area contributed by atoms with Crippen molar-refractivity contribution in [2.45, 2.75) is 71.1 Å². The normalized spacial score (nSPS) is 18.5. The lowest BCUT2D eigenvalue weighted by atomic mass is 9.93. The lowest BCUT2D eigenvalue weighted by Gasteiger charge is -2.29. The van der Waals surface area contributed by atoms with Gasteiger partial charge in [-0.3, -0.25) is 14.2 Å². The number of carbonyl (C=O) groups is 1. The van der Waals surface area contributed by atoms with E-state index in [0.717, 1.165) is 22.3 Å². The molecule has 1 aromatic heterocycles. The van der Waals surface area contributed by atoms with Gasteiger partial charge in [-0.05, 0) is 75.3 Å². The van der Waals surface area contributed by atoms with E-state index in [4.69, 9.17) is 9.47 Å². The Bertz CT molecular complexity index is 1310. The van der Waals surface area contributed by atoms with Gasteiger partial charge in [0, 0.05) is 25.7 Å². The van der Waals surface area contributed by atoms with Crippen LogP contribution in [-0.4, -0.2) is 52.5 Å². The number of aliphatic hydroxyl groups excluding tert-OH is 1. The zero-order valence-electron chi connectivity index (χ0n) is 21.8. The second-order valence-corrected chi connectivity index (χ2v) is 10.4. The smallest absolute Gasteiger partial charge is 0.261 e. The molecule has 1 N–H and O–H groups in total. The number of aliphatic hydroxyl groups is 1. The summed E-state index contributed by atoms with van der Waals surface area (Å²) in [7, 11) is 1.66. The number of methoxy groups -OCH3 is 1. The summed E-state index contributed by atoms with van der Waals surface area (Å²) >= 11 is 0. The molecule has 0 aliphatic carbocycles. The molecule has 36 heavy (non-hydrogen) atoms. The van der Waals surface area contributed by atoms with Crippen molar-refractivity contribution >= 4 is 16.7 Å². The number of Topliss-reactive ketones (excluding diaryl/α,β-unsaturated/α-hetero) is 1. The Balaban J connectivity index is 1.59. The molecule has 0 unspecified atom stereocenters. The highest BCUT2D eigenvalue weighted by atomic mass is 16.5. The van der Waals surface area contributed by atoms with E-state index in [-0.39, 0.29) is 29.6 Å². The molecule has 2 aromatic carbocycles. The number of nitrogens with zero attached hydrogens (tertiary/aromatic N) is 2. The van der Waals surface area contributed by atoms with Crippen molar-refractivity contribution in [3.05, 3.63) is 74.8 Å². The number of benzene rings is 2. The zero-order chi connectivity index (χ0) is 26.0. The van der Waals surface area contributed by atoms with Crippen LogP contribution in [0.3, 0.4) is 0 Å². The maximum Gasteiger partial charge on any atom is 0.261 e. The summed E-state index contributed by atoms with van der Waals surface area (Å²) in [6, 6.07) is 9.30. The summed E-state index contributed by atoms with van der Waals surface area (Å²) in [5, 5.41) is 10.9. The maximum absolute atomic E-state index is 13.4. The maximum atomic E-state index is 13.4. The standard InChI is InChI=1S/C29H36N2O5/c1-18-19(2)27-23(28(34)31(17-30-27)24-11-13-36-16-26(24)33)15-22(18)14-20-6-8-21(9-7-20)25(32)10-12-29(3,4)35-5/h6-9,15,17,24,26,33H,10-14,16H2,1-5H3/t24-,26-/m0/s1. The summed E-state index contributed by atoms with van der Waals surface area (Å²) in [4.78, 5) is 30.7. The fraction of sp³-hybridized carbons (Fsp3) is 0.483. The number of hydrogen-bond acceptors (Lipinski definition) is 6. The molecule has 1 aliphatic heterocycles. The number of carbonyl (C=O) groups excluding carboxylic acids is 1. The van der Waals surface area contributed by atoms with Crippen molar-refractivity contribution in [3.8, 4) is 0 Å². The molecule has 0 bridgehead atoms. The summed E-state index contributed by atoms with van der Waals surface area (Å²) < 4.78 is 12.3.